The van der Waals surface area contributed by atoms with E-state index in [4.69, 9.17) is 14.7 Å². The van der Waals surface area contributed by atoms with Gasteiger partial charge in [-0.2, -0.15) is 19.6 Å². The first-order valence-corrected chi connectivity index (χ1v) is 19.2. The molecule has 5 heterocycles. The number of imide groups is 1. The van der Waals surface area contributed by atoms with Crippen LogP contribution in [0.1, 0.15) is 105 Å². The molecule has 2 saturated heterocycles. The van der Waals surface area contributed by atoms with E-state index in [0.29, 0.717) is 50.7 Å². The largest absolute Gasteiger partial charge is 0.460 e. The first kappa shape index (κ1) is 37.9. The summed E-state index contributed by atoms with van der Waals surface area (Å²) in [6, 6.07) is 13.2. The number of hydrogen-bond acceptors (Lipinski definition) is 11. The zero-order valence-electron chi connectivity index (χ0n) is 31.7. The fourth-order valence-corrected chi connectivity index (χ4v) is 7.34. The number of piperidine rings is 2. The Bertz CT molecular complexity index is 2100. The van der Waals surface area contributed by atoms with Crippen LogP contribution < -0.4 is 20.7 Å². The molecule has 0 radical (unpaired) electrons. The van der Waals surface area contributed by atoms with Gasteiger partial charge in [0, 0.05) is 67.8 Å². The van der Waals surface area contributed by atoms with Gasteiger partial charge in [-0.15, -0.1) is 0 Å². The summed E-state index contributed by atoms with van der Waals surface area (Å²) >= 11 is 0. The summed E-state index contributed by atoms with van der Waals surface area (Å²) < 4.78 is 8.00. The number of fused-ring (bicyclic) bond motifs is 2. The number of likely N-dealkylation sites (tertiary alicyclic amines) is 1. The van der Waals surface area contributed by atoms with Gasteiger partial charge in [0.15, 0.2) is 5.65 Å². The maximum atomic E-state index is 12.7. The molecular weight excluding hydrogens is 699 g/mol. The van der Waals surface area contributed by atoms with Crippen molar-refractivity contribution in [2.24, 2.45) is 0 Å². The van der Waals surface area contributed by atoms with Gasteiger partial charge in [-0.3, -0.25) is 24.6 Å². The number of ether oxygens (including phenoxy) is 1. The van der Waals surface area contributed by atoms with Crippen molar-refractivity contribution in [2.75, 3.05) is 30.8 Å². The Balaban J connectivity index is 0.874. The van der Waals surface area contributed by atoms with E-state index in [9.17, 15) is 19.5 Å². The SMILES string of the molecule is CC(C)c1cnn2c(NCc3ccc(NC(=O)CCCCC#Cc4cccc5c4CN(C4CCC(=O)NC4=O)C5O)cc3)nc(OC3CCN(C)CC3)nc12. The van der Waals surface area contributed by atoms with Gasteiger partial charge in [-0.25, -0.2) is 0 Å². The van der Waals surface area contributed by atoms with Crippen molar-refractivity contribution in [3.05, 3.63) is 76.5 Å². The smallest absolute Gasteiger partial charge is 0.322 e. The van der Waals surface area contributed by atoms with E-state index in [1.54, 1.807) is 9.42 Å². The lowest BCUT2D eigenvalue weighted by Gasteiger charge is -2.31. The van der Waals surface area contributed by atoms with Gasteiger partial charge in [0.2, 0.25) is 23.7 Å². The van der Waals surface area contributed by atoms with Gasteiger partial charge in [-0.05, 0) is 74.4 Å². The Kier molecular flexibility index (Phi) is 11.7. The molecule has 0 saturated carbocycles. The zero-order chi connectivity index (χ0) is 38.5. The summed E-state index contributed by atoms with van der Waals surface area (Å²) in [6.45, 7) is 7.08. The topological polar surface area (TPSA) is 166 Å². The van der Waals surface area contributed by atoms with Crippen LogP contribution in [0.2, 0.25) is 0 Å². The maximum Gasteiger partial charge on any atom is 0.322 e. The summed E-state index contributed by atoms with van der Waals surface area (Å²) in [5.41, 5.74) is 5.97. The summed E-state index contributed by atoms with van der Waals surface area (Å²) in [5.74, 6) is 6.54. The monoisotopic (exact) mass is 747 g/mol. The predicted octanol–water partition coefficient (Wildman–Crippen LogP) is 4.50. The number of nitrogens with one attached hydrogen (secondary N) is 3. The number of carbonyl (C=O) groups excluding carboxylic acids is 3. The molecule has 4 N–H and O–H groups in total. The molecule has 14 nitrogen and oxygen atoms in total. The van der Waals surface area contributed by atoms with Crippen molar-refractivity contribution in [3.8, 4) is 17.9 Å². The van der Waals surface area contributed by atoms with Crippen LogP contribution in [0.15, 0.2) is 48.7 Å². The molecule has 0 spiro atoms. The molecule has 2 aromatic carbocycles. The number of benzene rings is 2. The Morgan fingerprint density at radius 3 is 2.64 bits per heavy atom. The highest BCUT2D eigenvalue weighted by Gasteiger charge is 2.40. The van der Waals surface area contributed by atoms with E-state index in [-0.39, 0.29) is 36.2 Å². The normalized spacial score (nSPS) is 19.2. The third-order valence-corrected chi connectivity index (χ3v) is 10.6. The van der Waals surface area contributed by atoms with Crippen LogP contribution in [0.3, 0.4) is 0 Å². The summed E-state index contributed by atoms with van der Waals surface area (Å²) in [6.07, 6.45) is 5.96. The highest BCUT2D eigenvalue weighted by molar-refractivity contribution is 6.00. The van der Waals surface area contributed by atoms with E-state index >= 15 is 0 Å². The standard InChI is InChI=1S/C41H49N9O5/c1-26(2)32-24-43-50-37(32)46-41(55-30-19-21-48(3)22-20-30)47-40(50)42-23-27-13-15-29(16-14-27)44-35(51)12-7-5-4-6-9-28-10-8-11-31-33(28)25-49(39(31)54)34-17-18-36(52)45-38(34)53/h8,10-11,13-16,24,26,30,34,39,54H,4-5,7,12,17-23,25H2,1-3H3,(H,44,51)(H,42,46,47)(H,45,52,53). The number of hydrogen-bond donors (Lipinski definition) is 4. The average Bonchev–Trinajstić information content (AvgIpc) is 3.75. The van der Waals surface area contributed by atoms with E-state index < -0.39 is 12.3 Å². The number of anilines is 2. The van der Waals surface area contributed by atoms with Crippen molar-refractivity contribution < 1.29 is 24.2 Å². The van der Waals surface area contributed by atoms with Crippen LogP contribution in [0, 0.1) is 11.8 Å². The lowest BCUT2D eigenvalue weighted by atomic mass is 10.0. The number of unbranched alkanes of at least 4 members (excludes halogenated alkanes) is 2. The number of nitrogens with zero attached hydrogens (tertiary/aromatic N) is 6. The second-order valence-corrected chi connectivity index (χ2v) is 14.9. The van der Waals surface area contributed by atoms with Crippen molar-refractivity contribution in [1.29, 1.82) is 0 Å². The Labute approximate surface area is 321 Å². The van der Waals surface area contributed by atoms with Gasteiger partial charge in [0.05, 0.1) is 12.2 Å². The molecule has 288 valence electrons. The minimum atomic E-state index is -0.925. The lowest BCUT2D eigenvalue weighted by Crippen LogP contribution is -2.51. The Hall–Kier alpha value is -5.36. The van der Waals surface area contributed by atoms with Gasteiger partial charge in [0.25, 0.3) is 0 Å². The van der Waals surface area contributed by atoms with E-state index in [2.05, 4.69) is 58.7 Å². The number of aliphatic hydroxyl groups is 1. The van der Waals surface area contributed by atoms with Crippen LogP contribution in [-0.2, 0) is 27.5 Å². The average molecular weight is 748 g/mol. The van der Waals surface area contributed by atoms with E-state index in [0.717, 1.165) is 71.5 Å². The summed E-state index contributed by atoms with van der Waals surface area (Å²) in [4.78, 5) is 50.2. The Morgan fingerprint density at radius 1 is 1.07 bits per heavy atom. The van der Waals surface area contributed by atoms with Crippen molar-refractivity contribution in [1.82, 2.24) is 34.7 Å². The molecular formula is C41H49N9O5. The second-order valence-electron chi connectivity index (χ2n) is 14.9. The zero-order valence-corrected chi connectivity index (χ0v) is 31.7. The molecule has 2 fully saturated rings. The molecule has 2 atom stereocenters. The van der Waals surface area contributed by atoms with Crippen molar-refractivity contribution >= 4 is 35.0 Å². The third-order valence-electron chi connectivity index (χ3n) is 10.6. The molecule has 0 aliphatic carbocycles. The van der Waals surface area contributed by atoms with Gasteiger partial charge in [-0.1, -0.05) is 50.0 Å². The van der Waals surface area contributed by atoms with Crippen molar-refractivity contribution in [3.63, 3.8) is 0 Å². The molecule has 7 rings (SSSR count). The molecule has 2 unspecified atom stereocenters. The Morgan fingerprint density at radius 2 is 1.87 bits per heavy atom. The molecule has 2 aromatic heterocycles. The second kappa shape index (κ2) is 17.0. The van der Waals surface area contributed by atoms with Gasteiger partial charge >= 0.3 is 6.01 Å². The fourth-order valence-electron chi connectivity index (χ4n) is 7.34. The fraction of sp³-hybridized carbons (Fsp3) is 0.463. The number of rotatable bonds is 12. The quantitative estimate of drug-likeness (QED) is 0.0917. The van der Waals surface area contributed by atoms with Gasteiger partial charge in [0.1, 0.15) is 12.3 Å². The number of aliphatic hydroxyl groups excluding tert-OH is 1. The molecule has 55 heavy (non-hydrogen) atoms. The summed E-state index contributed by atoms with van der Waals surface area (Å²) in [7, 11) is 2.12. The third kappa shape index (κ3) is 8.96. The minimum Gasteiger partial charge on any atom is -0.460 e. The summed E-state index contributed by atoms with van der Waals surface area (Å²) in [5, 5.41) is 24.3. The van der Waals surface area contributed by atoms with E-state index in [1.165, 1.54) is 0 Å². The molecule has 0 bridgehead atoms. The number of carbonyl (C=O) groups is 3. The van der Waals surface area contributed by atoms with Crippen molar-refractivity contribution in [2.45, 2.75) is 103 Å². The number of amides is 3. The maximum absolute atomic E-state index is 12.7. The molecule has 3 aliphatic rings. The lowest BCUT2D eigenvalue weighted by molar-refractivity contribution is -0.141. The van der Waals surface area contributed by atoms with E-state index in [1.807, 2.05) is 48.7 Å². The highest BCUT2D eigenvalue weighted by atomic mass is 16.5. The van der Waals surface area contributed by atoms with Gasteiger partial charge < -0.3 is 25.4 Å². The van der Waals surface area contributed by atoms with Crippen LogP contribution in [0.4, 0.5) is 11.6 Å². The molecule has 3 aliphatic heterocycles. The van der Waals surface area contributed by atoms with Crippen LogP contribution >= 0.6 is 0 Å². The molecule has 14 heteroatoms. The minimum absolute atomic E-state index is 0.0533. The van der Waals surface area contributed by atoms with Crippen LogP contribution in [0.5, 0.6) is 6.01 Å². The van der Waals surface area contributed by atoms with Crippen LogP contribution in [0.25, 0.3) is 5.65 Å². The first-order valence-electron chi connectivity index (χ1n) is 19.2. The molecule has 3 amide bonds. The number of aromatic nitrogens is 4. The highest BCUT2D eigenvalue weighted by Crippen LogP contribution is 2.36. The van der Waals surface area contributed by atoms with Crippen LogP contribution in [-0.4, -0.2) is 84.5 Å². The first-order chi connectivity index (χ1) is 26.6. The molecule has 4 aromatic rings. The predicted molar refractivity (Wildman–Crippen MR) is 207 cm³/mol.